The second kappa shape index (κ2) is 13.2. The summed E-state index contributed by atoms with van der Waals surface area (Å²) in [5.74, 6) is 9.15. The fraction of sp³-hybridized carbons (Fsp3) is 0.393. The molecule has 0 unspecified atom stereocenters. The van der Waals surface area contributed by atoms with Crippen LogP contribution < -0.4 is 16.0 Å². The van der Waals surface area contributed by atoms with E-state index in [4.69, 9.17) is 11.2 Å². The molecule has 1 aromatic carbocycles. The molecule has 0 saturated heterocycles. The Balaban J connectivity index is 1.53. The third kappa shape index (κ3) is 8.37. The second-order valence-electron chi connectivity index (χ2n) is 9.64. The lowest BCUT2D eigenvalue weighted by atomic mass is 10.2. The number of likely N-dealkylation sites (N-methyl/N-ethyl adjacent to an activating group) is 1. The van der Waals surface area contributed by atoms with Gasteiger partial charge in [0, 0.05) is 37.6 Å². The summed E-state index contributed by atoms with van der Waals surface area (Å²) in [5, 5.41) is 17.1. The lowest BCUT2D eigenvalue weighted by Gasteiger charge is -2.27. The molecular weight excluding hydrogens is 496 g/mol. The van der Waals surface area contributed by atoms with Crippen LogP contribution in [0.15, 0.2) is 30.6 Å². The number of hydrogen-bond acceptors (Lipinski definition) is 8. The van der Waals surface area contributed by atoms with Crippen LogP contribution in [0.4, 0.5) is 22.2 Å². The Morgan fingerprint density at radius 1 is 1.26 bits per heavy atom. The van der Waals surface area contributed by atoms with Gasteiger partial charge in [0.15, 0.2) is 6.04 Å². The molecule has 39 heavy (non-hydrogen) atoms. The number of H-pyrrole nitrogens is 1. The number of nitrogens with zero attached hydrogens (tertiary/aromatic N) is 4. The molecule has 3 rings (SSSR count). The average molecular weight is 531 g/mol. The summed E-state index contributed by atoms with van der Waals surface area (Å²) in [6.45, 7) is 8.23. The van der Waals surface area contributed by atoms with E-state index in [0.717, 1.165) is 21.5 Å². The van der Waals surface area contributed by atoms with E-state index in [1.807, 2.05) is 25.1 Å². The van der Waals surface area contributed by atoms with Crippen molar-refractivity contribution in [3.05, 3.63) is 36.2 Å². The van der Waals surface area contributed by atoms with Crippen LogP contribution in [-0.4, -0.2) is 68.8 Å². The fourth-order valence-electron chi connectivity index (χ4n) is 3.43. The van der Waals surface area contributed by atoms with E-state index in [-0.39, 0.29) is 0 Å². The Bertz CT molecular complexity index is 1410. The topological polar surface area (TPSA) is 137 Å². The summed E-state index contributed by atoms with van der Waals surface area (Å²) in [7, 11) is 1.44. The normalized spacial score (nSPS) is 11.5. The van der Waals surface area contributed by atoms with E-state index < -0.39 is 23.6 Å². The van der Waals surface area contributed by atoms with Crippen LogP contribution in [0.2, 0.25) is 0 Å². The van der Waals surface area contributed by atoms with Gasteiger partial charge in [0.25, 0.3) is 5.91 Å². The van der Waals surface area contributed by atoms with Crippen LogP contribution in [0.25, 0.3) is 10.9 Å². The van der Waals surface area contributed by atoms with Crippen molar-refractivity contribution >= 4 is 40.4 Å². The van der Waals surface area contributed by atoms with Crippen molar-refractivity contribution in [1.82, 2.24) is 30.4 Å². The van der Waals surface area contributed by atoms with Crippen molar-refractivity contribution in [3.8, 4) is 24.2 Å². The smallest absolute Gasteiger partial charge is 0.411 e. The quantitative estimate of drug-likeness (QED) is 0.243. The lowest BCUT2D eigenvalue weighted by Crippen LogP contribution is -2.48. The Kier molecular flexibility index (Phi) is 9.71. The van der Waals surface area contributed by atoms with Crippen molar-refractivity contribution in [2.75, 3.05) is 30.8 Å². The first-order valence-electron chi connectivity index (χ1n) is 12.6. The Morgan fingerprint density at radius 3 is 2.77 bits per heavy atom. The minimum Gasteiger partial charge on any atom is -0.444 e. The number of ether oxygens (including phenoxy) is 1. The number of terminal acetylenes is 1. The third-order valence-electron chi connectivity index (χ3n) is 5.31. The molecule has 2 amide bonds. The molecule has 2 heterocycles. The highest BCUT2D eigenvalue weighted by Crippen LogP contribution is 2.21. The zero-order valence-electron chi connectivity index (χ0n) is 22.9. The molecule has 4 N–H and O–H groups in total. The van der Waals surface area contributed by atoms with E-state index in [1.165, 1.54) is 7.05 Å². The number of aromatic nitrogens is 4. The van der Waals surface area contributed by atoms with Crippen molar-refractivity contribution in [2.24, 2.45) is 0 Å². The van der Waals surface area contributed by atoms with Gasteiger partial charge in [0.2, 0.25) is 5.95 Å². The molecule has 204 valence electrons. The minimum absolute atomic E-state index is 0.355. The maximum atomic E-state index is 12.5. The number of rotatable bonds is 9. The maximum absolute atomic E-state index is 12.5. The van der Waals surface area contributed by atoms with Gasteiger partial charge in [0.05, 0.1) is 23.5 Å². The van der Waals surface area contributed by atoms with Gasteiger partial charge in [-0.3, -0.25) is 14.8 Å². The highest BCUT2D eigenvalue weighted by atomic mass is 16.6. The summed E-state index contributed by atoms with van der Waals surface area (Å²) in [4.78, 5) is 34.8. The van der Waals surface area contributed by atoms with Crippen LogP contribution in [-0.2, 0) is 9.53 Å². The van der Waals surface area contributed by atoms with Crippen molar-refractivity contribution < 1.29 is 14.3 Å². The Labute approximate surface area is 228 Å². The first kappa shape index (κ1) is 28.8. The Morgan fingerprint density at radius 2 is 2.05 bits per heavy atom. The van der Waals surface area contributed by atoms with Gasteiger partial charge in [-0.25, -0.2) is 9.78 Å². The molecule has 0 saturated carbocycles. The predicted octanol–water partition coefficient (Wildman–Crippen LogP) is 3.64. The molecule has 2 aromatic heterocycles. The molecule has 3 aromatic rings. The van der Waals surface area contributed by atoms with Gasteiger partial charge in [0.1, 0.15) is 11.4 Å². The van der Waals surface area contributed by atoms with Gasteiger partial charge < -0.3 is 20.7 Å². The molecule has 11 heteroatoms. The summed E-state index contributed by atoms with van der Waals surface area (Å²) in [6.07, 6.45) is 9.38. The van der Waals surface area contributed by atoms with Crippen LogP contribution in [0.3, 0.4) is 0 Å². The average Bonchev–Trinajstić information content (AvgIpc) is 3.34. The van der Waals surface area contributed by atoms with Crippen LogP contribution in [0.5, 0.6) is 0 Å². The highest BCUT2D eigenvalue weighted by Gasteiger charge is 2.28. The van der Waals surface area contributed by atoms with Gasteiger partial charge in [-0.1, -0.05) is 17.8 Å². The highest BCUT2D eigenvalue weighted by molar-refractivity contribution is 5.88. The Hall–Kier alpha value is -4.77. The molecule has 0 fully saturated rings. The van der Waals surface area contributed by atoms with E-state index in [2.05, 4.69) is 53.9 Å². The van der Waals surface area contributed by atoms with Crippen molar-refractivity contribution in [3.63, 3.8) is 0 Å². The van der Waals surface area contributed by atoms with Crippen molar-refractivity contribution in [1.29, 1.82) is 0 Å². The number of nitrogens with one attached hydrogen (secondary N) is 4. The van der Waals surface area contributed by atoms with Gasteiger partial charge in [-0.05, 0) is 52.3 Å². The minimum atomic E-state index is -1.07. The van der Waals surface area contributed by atoms with Gasteiger partial charge >= 0.3 is 6.09 Å². The first-order valence-corrected chi connectivity index (χ1v) is 12.6. The lowest BCUT2D eigenvalue weighted by molar-refractivity contribution is -0.124. The van der Waals surface area contributed by atoms with Gasteiger partial charge in [-0.2, -0.15) is 10.1 Å². The summed E-state index contributed by atoms with van der Waals surface area (Å²) < 4.78 is 5.28. The fourth-order valence-corrected chi connectivity index (χ4v) is 3.43. The number of amides is 2. The molecule has 0 spiro atoms. The maximum Gasteiger partial charge on any atom is 0.411 e. The van der Waals surface area contributed by atoms with Crippen molar-refractivity contribution in [2.45, 2.75) is 52.2 Å². The number of benzene rings is 1. The number of carbonyl (C=O) groups excluding carboxylic acids is 2. The van der Waals surface area contributed by atoms with E-state index >= 15 is 0 Å². The zero-order valence-corrected chi connectivity index (χ0v) is 22.9. The summed E-state index contributed by atoms with van der Waals surface area (Å²) >= 11 is 0. The summed E-state index contributed by atoms with van der Waals surface area (Å²) in [5.41, 5.74) is 1.77. The zero-order chi connectivity index (χ0) is 28.4. The largest absolute Gasteiger partial charge is 0.444 e. The van der Waals surface area contributed by atoms with E-state index in [0.29, 0.717) is 43.3 Å². The molecule has 11 nitrogen and oxygen atoms in total. The van der Waals surface area contributed by atoms with Crippen LogP contribution in [0, 0.1) is 24.2 Å². The number of fused-ring (bicyclic) bond motifs is 1. The van der Waals surface area contributed by atoms with Crippen LogP contribution in [0.1, 0.15) is 46.1 Å². The molecule has 0 bridgehead atoms. The number of aromatic amines is 1. The molecule has 0 radical (unpaired) electrons. The number of carbonyl (C=O) groups is 2. The van der Waals surface area contributed by atoms with Crippen LogP contribution >= 0.6 is 0 Å². The molecule has 0 aliphatic carbocycles. The second-order valence-corrected chi connectivity index (χ2v) is 9.64. The SMILES string of the molecule is C#C[C@@H](C(=O)NCCCC#Cc1cnc(Nc2ccc3[nH]ncc3c2)nc1NCC)N(C)C(=O)OC(C)(C)C. The molecule has 0 aliphatic rings. The van der Waals surface area contributed by atoms with E-state index in [1.54, 1.807) is 33.2 Å². The number of anilines is 3. The molecule has 0 aliphatic heterocycles. The summed E-state index contributed by atoms with van der Waals surface area (Å²) in [6, 6.07) is 4.75. The number of hydrogen-bond donors (Lipinski definition) is 4. The van der Waals surface area contributed by atoms with Gasteiger partial charge in [-0.15, -0.1) is 6.42 Å². The van der Waals surface area contributed by atoms with E-state index in [9.17, 15) is 9.59 Å². The monoisotopic (exact) mass is 530 g/mol. The predicted molar refractivity (Wildman–Crippen MR) is 151 cm³/mol. The number of unbranched alkanes of at least 4 members (excludes halogenated alkanes) is 1. The standard InChI is InChI=1S/C28H34N8O3/c1-7-23(36(6)27(38)39-28(3,4)5)25(37)30-15-11-9-10-12-19-17-31-26(34-24(19)29-8-2)33-21-13-14-22-20(16-21)18-32-35-22/h1,13-14,16-18,23H,8-9,11,15H2,2-6H3,(H,30,37)(H,32,35)(H2,29,31,33,34)/t23-/m0/s1. The first-order chi connectivity index (χ1) is 18.6. The third-order valence-corrected chi connectivity index (χ3v) is 5.31. The molecule has 1 atom stereocenters. The molecular formula is C28H34N8O3.